The molecule has 0 unspecified atom stereocenters. The van der Waals surface area contributed by atoms with Crippen LogP contribution in [0.2, 0.25) is 0 Å². The van der Waals surface area contributed by atoms with Gasteiger partial charge in [0.25, 0.3) is 0 Å². The highest BCUT2D eigenvalue weighted by molar-refractivity contribution is 7.10. The van der Waals surface area contributed by atoms with Crippen molar-refractivity contribution in [3.63, 3.8) is 0 Å². The molecule has 0 aliphatic heterocycles. The number of rotatable bonds is 10. The zero-order chi connectivity index (χ0) is 26.5. The van der Waals surface area contributed by atoms with Crippen molar-refractivity contribution in [2.24, 2.45) is 0 Å². The predicted octanol–water partition coefficient (Wildman–Crippen LogP) is 4.59. The summed E-state index contributed by atoms with van der Waals surface area (Å²) in [5, 5.41) is 19.0. The Labute approximate surface area is 225 Å². The maximum absolute atomic E-state index is 13.7. The van der Waals surface area contributed by atoms with Crippen molar-refractivity contribution < 1.29 is 18.4 Å². The molecule has 1 atom stereocenters. The number of hydrogen-bond donors (Lipinski definition) is 1. The van der Waals surface area contributed by atoms with E-state index in [1.807, 2.05) is 41.9 Å². The third-order valence-corrected chi connectivity index (χ3v) is 7.46. The molecule has 194 valence electrons. The Morgan fingerprint density at radius 3 is 2.55 bits per heavy atom. The number of hydrogen-bond acceptors (Lipinski definition) is 8. The van der Waals surface area contributed by atoms with Gasteiger partial charge in [-0.05, 0) is 64.9 Å². The summed E-state index contributed by atoms with van der Waals surface area (Å²) in [5.74, 6) is 0.375. The van der Waals surface area contributed by atoms with Gasteiger partial charge in [-0.15, -0.1) is 32.9 Å². The molecule has 0 saturated heterocycles. The fourth-order valence-electron chi connectivity index (χ4n) is 3.83. The highest BCUT2D eigenvalue weighted by Crippen LogP contribution is 2.29. The molecule has 1 aromatic carbocycles. The summed E-state index contributed by atoms with van der Waals surface area (Å²) < 4.78 is 18.9. The zero-order valence-corrected chi connectivity index (χ0v) is 21.9. The first-order chi connectivity index (χ1) is 18.5. The molecule has 2 amide bonds. The number of thiophene rings is 2. The molecule has 0 fully saturated rings. The molecule has 38 heavy (non-hydrogen) atoms. The van der Waals surface area contributed by atoms with E-state index in [0.717, 1.165) is 10.4 Å². The Morgan fingerprint density at radius 2 is 1.87 bits per heavy atom. The minimum atomic E-state index is -0.888. The molecule has 12 heteroatoms. The van der Waals surface area contributed by atoms with Crippen LogP contribution in [-0.2, 0) is 29.2 Å². The number of nitrogens with one attached hydrogen (secondary N) is 1. The molecule has 0 aliphatic rings. The molecule has 0 aliphatic carbocycles. The van der Waals surface area contributed by atoms with Gasteiger partial charge in [0.2, 0.25) is 17.6 Å². The topological polar surface area (TPSA) is 106 Å². The van der Waals surface area contributed by atoms with E-state index in [9.17, 15) is 14.0 Å². The van der Waals surface area contributed by atoms with Gasteiger partial charge in [0.1, 0.15) is 24.2 Å². The van der Waals surface area contributed by atoms with E-state index in [2.05, 4.69) is 20.7 Å². The van der Waals surface area contributed by atoms with Gasteiger partial charge < -0.3 is 14.6 Å². The first kappa shape index (κ1) is 25.5. The third-order valence-electron chi connectivity index (χ3n) is 5.67. The van der Waals surface area contributed by atoms with Gasteiger partial charge in [-0.25, -0.2) is 4.39 Å². The number of amides is 2. The Balaban J connectivity index is 1.40. The molecule has 5 aromatic rings. The molecule has 5 rings (SSSR count). The van der Waals surface area contributed by atoms with Crippen molar-refractivity contribution in [3.8, 4) is 11.6 Å². The van der Waals surface area contributed by atoms with Crippen LogP contribution in [0.1, 0.15) is 27.1 Å². The number of aromatic nitrogens is 4. The number of nitrogens with zero attached hydrogens (tertiary/aromatic N) is 5. The molecular weight excluding hydrogens is 527 g/mol. The van der Waals surface area contributed by atoms with Crippen LogP contribution < -0.4 is 5.32 Å². The van der Waals surface area contributed by atoms with Crippen molar-refractivity contribution in [2.75, 3.05) is 0 Å². The van der Waals surface area contributed by atoms with Crippen molar-refractivity contribution in [3.05, 3.63) is 98.3 Å². The van der Waals surface area contributed by atoms with E-state index in [1.54, 1.807) is 24.3 Å². The molecule has 0 saturated carbocycles. The summed E-state index contributed by atoms with van der Waals surface area (Å²) in [4.78, 5) is 31.6. The fourth-order valence-corrected chi connectivity index (χ4v) is 5.37. The summed E-state index contributed by atoms with van der Waals surface area (Å²) in [6, 6.07) is 16.0. The normalized spacial score (nSPS) is 11.8. The molecule has 9 nitrogen and oxygen atoms in total. The predicted molar refractivity (Wildman–Crippen MR) is 140 cm³/mol. The summed E-state index contributed by atoms with van der Waals surface area (Å²) in [7, 11) is 0. The number of furan rings is 1. The molecule has 4 heterocycles. The van der Waals surface area contributed by atoms with Crippen molar-refractivity contribution in [1.29, 1.82) is 0 Å². The lowest BCUT2D eigenvalue weighted by Crippen LogP contribution is -2.44. The summed E-state index contributed by atoms with van der Waals surface area (Å²) >= 11 is 2.88. The van der Waals surface area contributed by atoms with E-state index in [-0.39, 0.29) is 43.1 Å². The van der Waals surface area contributed by atoms with Crippen LogP contribution >= 0.6 is 22.7 Å². The second-order valence-electron chi connectivity index (χ2n) is 8.42. The van der Waals surface area contributed by atoms with E-state index in [0.29, 0.717) is 16.4 Å². The van der Waals surface area contributed by atoms with Gasteiger partial charge in [-0.2, -0.15) is 4.80 Å². The molecule has 0 radical (unpaired) electrons. The van der Waals surface area contributed by atoms with Crippen molar-refractivity contribution in [1.82, 2.24) is 30.4 Å². The van der Waals surface area contributed by atoms with Gasteiger partial charge >= 0.3 is 0 Å². The smallest absolute Gasteiger partial charge is 0.248 e. The van der Waals surface area contributed by atoms with Gasteiger partial charge in [-0.3, -0.25) is 9.59 Å². The van der Waals surface area contributed by atoms with Crippen LogP contribution in [0.4, 0.5) is 4.39 Å². The monoisotopic (exact) mass is 550 g/mol. The number of benzene rings is 1. The molecule has 1 N–H and O–H groups in total. The van der Waals surface area contributed by atoms with Crippen LogP contribution in [-0.4, -0.2) is 36.9 Å². The molecule has 0 bridgehead atoms. The summed E-state index contributed by atoms with van der Waals surface area (Å²) in [6.07, 6.45) is 0. The summed E-state index contributed by atoms with van der Waals surface area (Å²) in [5.41, 5.74) is 0.744. The lowest BCUT2D eigenvalue weighted by Gasteiger charge is -2.30. The van der Waals surface area contributed by atoms with Gasteiger partial charge in [0.15, 0.2) is 5.76 Å². The minimum Gasteiger partial charge on any atom is -0.458 e. The second-order valence-corrected chi connectivity index (χ2v) is 10.4. The first-order valence-electron chi connectivity index (χ1n) is 11.7. The van der Waals surface area contributed by atoms with Crippen LogP contribution in [0, 0.1) is 12.7 Å². The van der Waals surface area contributed by atoms with Gasteiger partial charge in [-0.1, -0.05) is 24.3 Å². The maximum Gasteiger partial charge on any atom is 0.248 e. The fraction of sp³-hybridized carbons (Fsp3) is 0.192. The molecular formula is C26H23FN6O3S2. The SMILES string of the molecule is Cc1ccc(-c2nnn(CC(=O)N(Cc3cccs3)[C@@H](C(=O)NCc3ccc(F)cc3)c3cccs3)n2)o1. The highest BCUT2D eigenvalue weighted by Gasteiger charge is 2.33. The Morgan fingerprint density at radius 1 is 1.08 bits per heavy atom. The molecule has 0 spiro atoms. The largest absolute Gasteiger partial charge is 0.458 e. The van der Waals surface area contributed by atoms with Crippen LogP contribution in [0.15, 0.2) is 75.8 Å². The van der Waals surface area contributed by atoms with E-state index < -0.39 is 6.04 Å². The maximum atomic E-state index is 13.7. The van der Waals surface area contributed by atoms with E-state index >= 15 is 0 Å². The first-order valence-corrected chi connectivity index (χ1v) is 13.4. The Kier molecular flexibility index (Phi) is 7.70. The van der Waals surface area contributed by atoms with Crippen LogP contribution in [0.3, 0.4) is 0 Å². The van der Waals surface area contributed by atoms with Crippen LogP contribution in [0.5, 0.6) is 0 Å². The van der Waals surface area contributed by atoms with E-state index in [4.69, 9.17) is 4.42 Å². The quantitative estimate of drug-likeness (QED) is 0.273. The lowest BCUT2D eigenvalue weighted by molar-refractivity contribution is -0.142. The Hall–Kier alpha value is -4.16. The van der Waals surface area contributed by atoms with Crippen molar-refractivity contribution in [2.45, 2.75) is 32.6 Å². The highest BCUT2D eigenvalue weighted by atomic mass is 32.1. The summed E-state index contributed by atoms with van der Waals surface area (Å²) in [6.45, 7) is 2.01. The number of tetrazole rings is 1. The van der Waals surface area contributed by atoms with E-state index in [1.165, 1.54) is 44.5 Å². The second kappa shape index (κ2) is 11.5. The average molecular weight is 551 g/mol. The third kappa shape index (κ3) is 6.03. The average Bonchev–Trinajstić information content (AvgIpc) is 3.72. The number of aryl methyl sites for hydroxylation is 1. The Bertz CT molecular complexity index is 1500. The lowest BCUT2D eigenvalue weighted by atomic mass is 10.1. The number of carbonyl (C=O) groups is 2. The van der Waals surface area contributed by atoms with Gasteiger partial charge in [0.05, 0.1) is 6.54 Å². The standard InChI is InChI=1S/C26H23FN6O3S2/c1-17-6-11-21(36-17)25-29-31-33(30-25)16-23(34)32(15-20-4-2-12-37-20)24(22-5-3-13-38-22)26(35)28-14-18-7-9-19(27)10-8-18/h2-13,24H,14-16H2,1H3,(H,28,35)/t24-/m1/s1. The van der Waals surface area contributed by atoms with Crippen molar-refractivity contribution >= 4 is 34.5 Å². The van der Waals surface area contributed by atoms with Crippen LogP contribution in [0.25, 0.3) is 11.6 Å². The molecule has 4 aromatic heterocycles. The zero-order valence-electron chi connectivity index (χ0n) is 20.3. The van der Waals surface area contributed by atoms with Gasteiger partial charge in [0, 0.05) is 16.3 Å². The number of carbonyl (C=O) groups excluding carboxylic acids is 2. The number of halogens is 1. The minimum absolute atomic E-state index is 0.193.